The molecule has 0 aromatic heterocycles. The van der Waals surface area contributed by atoms with Crippen LogP contribution in [0.4, 0.5) is 0 Å². The Bertz CT molecular complexity index is 1450. The lowest BCUT2D eigenvalue weighted by molar-refractivity contribution is -0.193. The minimum Gasteiger partial charge on any atom is -0.394 e. The smallest absolute Gasteiger partial charge is 0.245 e. The normalized spacial score (nSPS) is 39.8. The topological polar surface area (TPSA) is 153 Å². The van der Waals surface area contributed by atoms with Gasteiger partial charge in [0.2, 0.25) is 17.7 Å². The molecule has 13 nitrogen and oxygen atoms in total. The summed E-state index contributed by atoms with van der Waals surface area (Å²) in [6, 6.07) is -0.956. The number of aliphatic hydroxyl groups is 2. The Hall–Kier alpha value is -1.87. The lowest BCUT2D eigenvalue weighted by Crippen LogP contribution is -2.62. The standard InChI is InChI=1S/C47H81N5O8/c1-28-37-24-34(47(37,3)4)25-38(28)48-45(56)42-41(29(2)54)40(27-53)60-52(42)26-31-14-11-15-36(43(31)58-7)32-21-33(23-35(22-32)50(5)6)44(55)49-39(20-30-12-9-8-10-13-30)46(57)51-16-18-59-19-17-51/h28-43,53-54H,8-27H2,1-7H3,(H,48,56)(H,49,55)/t28-,29-,31?,32?,33?,34+,35?,36?,37-,38-,39-,40-,41-,42-,43?/m0/s1. The molecule has 6 aliphatic carbocycles. The van der Waals surface area contributed by atoms with Gasteiger partial charge in [-0.15, -0.1) is 0 Å². The van der Waals surface area contributed by atoms with Gasteiger partial charge in [0, 0.05) is 56.6 Å². The maximum Gasteiger partial charge on any atom is 0.245 e. The van der Waals surface area contributed by atoms with Gasteiger partial charge in [-0.2, -0.15) is 5.06 Å². The van der Waals surface area contributed by atoms with E-state index in [1.807, 2.05) is 4.90 Å². The number of nitrogens with zero attached hydrogens (tertiary/aromatic N) is 3. The van der Waals surface area contributed by atoms with Gasteiger partial charge in [-0.1, -0.05) is 59.3 Å². The first-order valence-corrected chi connectivity index (χ1v) is 24.1. The second-order valence-corrected chi connectivity index (χ2v) is 21.3. The lowest BCUT2D eigenvalue weighted by Gasteiger charge is -2.62. The molecule has 13 heteroatoms. The highest BCUT2D eigenvalue weighted by molar-refractivity contribution is 5.88. The summed E-state index contributed by atoms with van der Waals surface area (Å²) in [6.07, 6.45) is 12.5. The third kappa shape index (κ3) is 9.77. The highest BCUT2D eigenvalue weighted by atomic mass is 16.7. The van der Waals surface area contributed by atoms with Crippen molar-refractivity contribution in [3.63, 3.8) is 0 Å². The summed E-state index contributed by atoms with van der Waals surface area (Å²) in [5.74, 6) is 1.60. The van der Waals surface area contributed by atoms with Crippen molar-refractivity contribution >= 4 is 17.7 Å². The van der Waals surface area contributed by atoms with Gasteiger partial charge in [0.25, 0.3) is 0 Å². The Morgan fingerprint density at radius 3 is 2.32 bits per heavy atom. The van der Waals surface area contributed by atoms with E-state index >= 15 is 0 Å². The van der Waals surface area contributed by atoms with E-state index in [4.69, 9.17) is 14.3 Å². The SMILES string of the molecule is COC1C(CN2O[C@@H](CO)[C@H]([C@H](C)O)[C@H]2C(=O)N[C@H]2C[C@H]3C[C@@H]([C@@H]2C)C3(C)C)CCCC1C1CC(C(=O)N[C@@H](CC2CCCCC2)C(=O)N2CCOCC2)CC(N(C)C)C1. The molecule has 0 aromatic carbocycles. The van der Waals surface area contributed by atoms with Gasteiger partial charge >= 0.3 is 0 Å². The van der Waals surface area contributed by atoms with Crippen molar-refractivity contribution in [1.82, 2.24) is 25.5 Å². The molecule has 6 unspecified atom stereocenters. The summed E-state index contributed by atoms with van der Waals surface area (Å²) in [6.45, 7) is 11.1. The van der Waals surface area contributed by atoms with Crippen molar-refractivity contribution in [2.24, 2.45) is 58.7 Å². The van der Waals surface area contributed by atoms with Gasteiger partial charge in [0.05, 0.1) is 32.0 Å². The van der Waals surface area contributed by atoms with E-state index in [0.717, 1.165) is 57.8 Å². The van der Waals surface area contributed by atoms with Crippen LogP contribution in [0.1, 0.15) is 118 Å². The number of hydrogen-bond donors (Lipinski definition) is 4. The molecule has 0 aromatic rings. The number of carbonyl (C=O) groups excluding carboxylic acids is 3. The monoisotopic (exact) mass is 844 g/mol. The molecule has 2 aliphatic heterocycles. The Kier molecular flexibility index (Phi) is 15.3. The first-order chi connectivity index (χ1) is 28.7. The first kappa shape index (κ1) is 46.1. The van der Waals surface area contributed by atoms with Crippen LogP contribution in [-0.2, 0) is 28.7 Å². The van der Waals surface area contributed by atoms with Crippen molar-refractivity contribution in [3.05, 3.63) is 0 Å². The molecule has 60 heavy (non-hydrogen) atoms. The van der Waals surface area contributed by atoms with Gasteiger partial charge in [0.15, 0.2) is 0 Å². The van der Waals surface area contributed by atoms with Crippen LogP contribution in [0, 0.1) is 58.7 Å². The summed E-state index contributed by atoms with van der Waals surface area (Å²) in [7, 11) is 6.01. The number of aliphatic hydroxyl groups excluding tert-OH is 2. The number of rotatable bonds is 14. The average molecular weight is 844 g/mol. The van der Waals surface area contributed by atoms with E-state index in [2.05, 4.69) is 50.4 Å². The summed E-state index contributed by atoms with van der Waals surface area (Å²) in [4.78, 5) is 53.5. The maximum absolute atomic E-state index is 14.5. The molecule has 2 heterocycles. The summed E-state index contributed by atoms with van der Waals surface area (Å²) >= 11 is 0. The fraction of sp³-hybridized carbons (Fsp3) is 0.936. The van der Waals surface area contributed by atoms with Crippen LogP contribution in [-0.4, -0.2) is 146 Å². The van der Waals surface area contributed by atoms with Gasteiger partial charge in [-0.25, -0.2) is 0 Å². The molecule has 8 aliphatic rings. The highest BCUT2D eigenvalue weighted by Crippen LogP contribution is 2.61. The molecule has 4 N–H and O–H groups in total. The van der Waals surface area contributed by atoms with E-state index < -0.39 is 30.2 Å². The molecule has 2 bridgehead atoms. The molecule has 8 fully saturated rings. The molecule has 6 saturated carbocycles. The number of hydrogen-bond acceptors (Lipinski definition) is 10. The molecule has 3 amide bonds. The van der Waals surface area contributed by atoms with Gasteiger partial charge in [-0.05, 0) is 113 Å². The summed E-state index contributed by atoms with van der Waals surface area (Å²) < 4.78 is 12.0. The number of hydroxylamine groups is 2. The third-order valence-electron chi connectivity index (χ3n) is 17.4. The van der Waals surface area contributed by atoms with Crippen molar-refractivity contribution in [3.8, 4) is 0 Å². The fourth-order valence-electron chi connectivity index (χ4n) is 13.7. The van der Waals surface area contributed by atoms with Crippen LogP contribution in [0.25, 0.3) is 0 Å². The van der Waals surface area contributed by atoms with Crippen molar-refractivity contribution in [2.75, 3.05) is 60.7 Å². The zero-order valence-corrected chi connectivity index (χ0v) is 38.1. The molecule has 2 saturated heterocycles. The van der Waals surface area contributed by atoms with Crippen LogP contribution in [0.15, 0.2) is 0 Å². The minimum absolute atomic E-state index is 0.00183. The predicted molar refractivity (Wildman–Crippen MR) is 229 cm³/mol. The maximum atomic E-state index is 14.5. The van der Waals surface area contributed by atoms with Gasteiger partial charge < -0.3 is 40.1 Å². The molecule has 342 valence electrons. The molecule has 15 atom stereocenters. The van der Waals surface area contributed by atoms with E-state index in [1.54, 1.807) is 19.1 Å². The van der Waals surface area contributed by atoms with Crippen LogP contribution in [0.2, 0.25) is 0 Å². The Morgan fingerprint density at radius 1 is 0.950 bits per heavy atom. The number of nitrogens with one attached hydrogen (secondary N) is 2. The Balaban J connectivity index is 1.05. The summed E-state index contributed by atoms with van der Waals surface area (Å²) in [5.41, 5.74) is 0.299. The minimum atomic E-state index is -0.851. The molecule has 0 radical (unpaired) electrons. The zero-order valence-electron chi connectivity index (χ0n) is 38.1. The number of carbonyl (C=O) groups is 3. The number of amides is 3. The third-order valence-corrected chi connectivity index (χ3v) is 17.4. The quantitative estimate of drug-likeness (QED) is 0.200. The highest BCUT2D eigenvalue weighted by Gasteiger charge is 2.58. The van der Waals surface area contributed by atoms with Crippen molar-refractivity contribution in [2.45, 2.75) is 160 Å². The largest absolute Gasteiger partial charge is 0.394 e. The molecule has 0 spiro atoms. The number of ether oxygens (including phenoxy) is 2. The number of morpholine rings is 1. The number of fused-ring (bicyclic) bond motifs is 2. The summed E-state index contributed by atoms with van der Waals surface area (Å²) in [5, 5.41) is 30.1. The molecular weight excluding hydrogens is 763 g/mol. The second-order valence-electron chi connectivity index (χ2n) is 21.3. The van der Waals surface area contributed by atoms with Crippen molar-refractivity contribution < 1.29 is 38.9 Å². The van der Waals surface area contributed by atoms with Crippen LogP contribution in [0.3, 0.4) is 0 Å². The van der Waals surface area contributed by atoms with E-state index in [9.17, 15) is 24.6 Å². The van der Waals surface area contributed by atoms with E-state index in [-0.39, 0.29) is 66.2 Å². The van der Waals surface area contributed by atoms with Crippen LogP contribution >= 0.6 is 0 Å². The van der Waals surface area contributed by atoms with Gasteiger partial charge in [-0.3, -0.25) is 19.2 Å². The van der Waals surface area contributed by atoms with Gasteiger partial charge in [0.1, 0.15) is 18.2 Å². The average Bonchev–Trinajstić information content (AvgIpc) is 3.62. The Labute approximate surface area is 360 Å². The van der Waals surface area contributed by atoms with Crippen LogP contribution < -0.4 is 10.6 Å². The second kappa shape index (κ2) is 19.9. The first-order valence-electron chi connectivity index (χ1n) is 24.1. The number of methoxy groups -OCH3 is 1. The lowest BCUT2D eigenvalue weighted by atomic mass is 9.45. The predicted octanol–water partition coefficient (Wildman–Crippen LogP) is 4.24. The Morgan fingerprint density at radius 2 is 1.68 bits per heavy atom. The molecule has 8 rings (SSSR count). The zero-order chi connectivity index (χ0) is 42.9. The molecular formula is C47H81N5O8. The van der Waals surface area contributed by atoms with E-state index in [1.165, 1.54) is 25.7 Å². The fourth-order valence-corrected chi connectivity index (χ4v) is 13.7. The van der Waals surface area contributed by atoms with Crippen molar-refractivity contribution in [1.29, 1.82) is 0 Å². The van der Waals surface area contributed by atoms with E-state index in [0.29, 0.717) is 68.4 Å². The van der Waals surface area contributed by atoms with Crippen LogP contribution in [0.5, 0.6) is 0 Å².